The zero-order valence-electron chi connectivity index (χ0n) is 18.1. The molecule has 3 heterocycles. The SMILES string of the molecule is N[C@@H](C(=O)N[C@@H]1C(=O)N2C(C(=O)O)=C(/C=C3\CCN(CC(F)(F)F)C3=O)CS[C@H]12)c1ccccc1. The van der Waals surface area contributed by atoms with Crippen LogP contribution in [0.25, 0.3) is 0 Å². The first-order valence-electron chi connectivity index (χ1n) is 10.6. The van der Waals surface area contributed by atoms with Crippen LogP contribution in [-0.2, 0) is 19.2 Å². The second-order valence-corrected chi connectivity index (χ2v) is 9.33. The first-order valence-corrected chi connectivity index (χ1v) is 11.6. The molecule has 0 bridgehead atoms. The number of nitrogens with two attached hydrogens (primary N) is 1. The lowest BCUT2D eigenvalue weighted by molar-refractivity contribution is -0.156. The molecule has 0 unspecified atom stereocenters. The fourth-order valence-corrected chi connectivity index (χ4v) is 5.49. The summed E-state index contributed by atoms with van der Waals surface area (Å²) in [6, 6.07) is 6.52. The van der Waals surface area contributed by atoms with Crippen LogP contribution in [0.1, 0.15) is 18.0 Å². The summed E-state index contributed by atoms with van der Waals surface area (Å²) in [6.07, 6.45) is -3.25. The summed E-state index contributed by atoms with van der Waals surface area (Å²) in [5.74, 6) is -3.39. The zero-order chi connectivity index (χ0) is 25.5. The molecule has 4 rings (SSSR count). The molecule has 13 heteroatoms. The van der Waals surface area contributed by atoms with E-state index in [2.05, 4.69) is 5.32 Å². The number of benzene rings is 1. The molecule has 1 aromatic rings. The first-order chi connectivity index (χ1) is 16.5. The van der Waals surface area contributed by atoms with Gasteiger partial charge in [0.2, 0.25) is 11.8 Å². The van der Waals surface area contributed by atoms with E-state index in [9.17, 15) is 37.5 Å². The Kier molecular flexibility index (Phi) is 6.64. The van der Waals surface area contributed by atoms with Crippen LogP contribution in [0.4, 0.5) is 13.2 Å². The number of alkyl halides is 3. The van der Waals surface area contributed by atoms with Gasteiger partial charge >= 0.3 is 12.1 Å². The number of carbonyl (C=O) groups is 4. The number of hydrogen-bond donors (Lipinski definition) is 3. The summed E-state index contributed by atoms with van der Waals surface area (Å²) in [5.41, 5.74) is 6.36. The van der Waals surface area contributed by atoms with E-state index in [0.717, 1.165) is 4.90 Å². The number of β-lactam (4-membered cyclic amide) rings is 1. The van der Waals surface area contributed by atoms with Gasteiger partial charge in [-0.25, -0.2) is 4.79 Å². The zero-order valence-corrected chi connectivity index (χ0v) is 18.9. The Morgan fingerprint density at radius 3 is 2.57 bits per heavy atom. The molecule has 3 aliphatic rings. The van der Waals surface area contributed by atoms with Crippen LogP contribution in [0, 0.1) is 0 Å². The maximum Gasteiger partial charge on any atom is 0.406 e. The number of nitrogens with zero attached hydrogens (tertiary/aromatic N) is 2. The van der Waals surface area contributed by atoms with E-state index in [1.165, 1.54) is 17.8 Å². The number of nitrogens with one attached hydrogen (secondary N) is 1. The molecule has 9 nitrogen and oxygen atoms in total. The Morgan fingerprint density at radius 1 is 1.26 bits per heavy atom. The molecule has 3 amide bonds. The molecular formula is C22H21F3N4O5S. The third-order valence-corrected chi connectivity index (χ3v) is 7.17. The topological polar surface area (TPSA) is 133 Å². The van der Waals surface area contributed by atoms with E-state index >= 15 is 0 Å². The van der Waals surface area contributed by atoms with Gasteiger partial charge in [-0.05, 0) is 23.6 Å². The Morgan fingerprint density at radius 2 is 1.94 bits per heavy atom. The largest absolute Gasteiger partial charge is 0.477 e. The maximum atomic E-state index is 12.8. The lowest BCUT2D eigenvalue weighted by Gasteiger charge is -2.49. The first kappa shape index (κ1) is 24.8. The molecule has 2 saturated heterocycles. The van der Waals surface area contributed by atoms with Crippen LogP contribution in [-0.4, -0.2) is 75.0 Å². The number of allylic oxidation sites excluding steroid dienone is 1. The number of carbonyl (C=O) groups excluding carboxylic acids is 3. The highest BCUT2D eigenvalue weighted by Crippen LogP contribution is 2.41. The number of aliphatic carboxylic acids is 1. The van der Waals surface area contributed by atoms with Gasteiger partial charge in [0.15, 0.2) is 0 Å². The number of thioether (sulfide) groups is 1. The highest BCUT2D eigenvalue weighted by atomic mass is 32.2. The fourth-order valence-electron chi connectivity index (χ4n) is 4.19. The molecular weight excluding hydrogens is 489 g/mol. The average molecular weight is 510 g/mol. The van der Waals surface area contributed by atoms with E-state index in [1.54, 1.807) is 30.3 Å². The summed E-state index contributed by atoms with van der Waals surface area (Å²) in [7, 11) is 0. The molecule has 35 heavy (non-hydrogen) atoms. The van der Waals surface area contributed by atoms with Crippen molar-refractivity contribution in [1.82, 2.24) is 15.1 Å². The normalized spacial score (nSPS) is 24.4. The Hall–Kier alpha value is -3.32. The number of carboxylic acids is 1. The number of hydrogen-bond acceptors (Lipinski definition) is 6. The van der Waals surface area contributed by atoms with Crippen molar-refractivity contribution >= 4 is 35.5 Å². The second-order valence-electron chi connectivity index (χ2n) is 8.22. The van der Waals surface area contributed by atoms with Crippen molar-refractivity contribution in [3.05, 3.63) is 58.8 Å². The minimum absolute atomic E-state index is 0.0312. The van der Waals surface area contributed by atoms with Gasteiger partial charge in [-0.2, -0.15) is 13.2 Å². The van der Waals surface area contributed by atoms with E-state index in [4.69, 9.17) is 5.73 Å². The summed E-state index contributed by atoms with van der Waals surface area (Å²) >= 11 is 1.18. The minimum Gasteiger partial charge on any atom is -0.477 e. The number of halogens is 3. The molecule has 0 aliphatic carbocycles. The van der Waals surface area contributed by atoms with Crippen molar-refractivity contribution < 1.29 is 37.5 Å². The van der Waals surface area contributed by atoms with Gasteiger partial charge < -0.3 is 21.1 Å². The van der Waals surface area contributed by atoms with Crippen molar-refractivity contribution in [2.75, 3.05) is 18.8 Å². The predicted octanol–water partition coefficient (Wildman–Crippen LogP) is 1.15. The number of rotatable bonds is 6. The summed E-state index contributed by atoms with van der Waals surface area (Å²) in [6.45, 7) is -1.52. The van der Waals surface area contributed by atoms with Gasteiger partial charge in [-0.3, -0.25) is 19.3 Å². The van der Waals surface area contributed by atoms with Gasteiger partial charge in [0.1, 0.15) is 29.7 Å². The van der Waals surface area contributed by atoms with Crippen molar-refractivity contribution in [3.63, 3.8) is 0 Å². The molecule has 0 radical (unpaired) electrons. The summed E-state index contributed by atoms with van der Waals surface area (Å²) < 4.78 is 38.0. The third kappa shape index (κ3) is 4.91. The number of fused-ring (bicyclic) bond motifs is 1. The van der Waals surface area contributed by atoms with Crippen LogP contribution in [0.15, 0.2) is 53.3 Å². The highest BCUT2D eigenvalue weighted by molar-refractivity contribution is 8.00. The average Bonchev–Trinajstić information content (AvgIpc) is 3.14. The minimum atomic E-state index is -4.54. The molecule has 0 aromatic heterocycles. The van der Waals surface area contributed by atoms with Crippen molar-refractivity contribution in [2.45, 2.75) is 30.1 Å². The van der Waals surface area contributed by atoms with Crippen molar-refractivity contribution in [1.29, 1.82) is 0 Å². The maximum absolute atomic E-state index is 12.8. The van der Waals surface area contributed by atoms with E-state index in [1.807, 2.05) is 0 Å². The number of amides is 3. The molecule has 186 valence electrons. The van der Waals surface area contributed by atoms with Crippen LogP contribution in [0.2, 0.25) is 0 Å². The standard InChI is InChI=1S/C22H21F3N4O5S/c23-22(24,25)10-28-7-6-12(18(28)31)8-13-9-35-20-15(19(32)29(20)16(13)21(33)34)27-17(30)14(26)11-4-2-1-3-5-11/h1-5,8,14-15,20H,6-7,9-10,26H2,(H,27,30)(H,33,34)/b12-8+/t14-,15-,20-/m1/s1. The third-order valence-electron chi connectivity index (χ3n) is 5.87. The van der Waals surface area contributed by atoms with Crippen molar-refractivity contribution in [2.24, 2.45) is 5.73 Å². The molecule has 0 spiro atoms. The lowest BCUT2D eigenvalue weighted by Crippen LogP contribution is -2.71. The Balaban J connectivity index is 1.50. The van der Waals surface area contributed by atoms with Gasteiger partial charge in [0, 0.05) is 17.9 Å². The second kappa shape index (κ2) is 9.38. The fraction of sp³-hybridized carbons (Fsp3) is 0.364. The van der Waals surface area contributed by atoms with Gasteiger partial charge in [-0.1, -0.05) is 30.3 Å². The predicted molar refractivity (Wildman–Crippen MR) is 118 cm³/mol. The molecule has 3 atom stereocenters. The van der Waals surface area contributed by atoms with Crippen LogP contribution in [0.5, 0.6) is 0 Å². The van der Waals surface area contributed by atoms with Crippen LogP contribution < -0.4 is 11.1 Å². The molecule has 4 N–H and O–H groups in total. The van der Waals surface area contributed by atoms with Crippen LogP contribution >= 0.6 is 11.8 Å². The Bertz CT molecular complexity index is 1140. The smallest absolute Gasteiger partial charge is 0.406 e. The quantitative estimate of drug-likeness (QED) is 0.386. The van der Waals surface area contributed by atoms with Gasteiger partial charge in [0.25, 0.3) is 5.91 Å². The molecule has 2 fully saturated rings. The van der Waals surface area contributed by atoms with Gasteiger partial charge in [0.05, 0.1) is 0 Å². The van der Waals surface area contributed by atoms with Gasteiger partial charge in [-0.15, -0.1) is 11.8 Å². The van der Waals surface area contributed by atoms with Crippen molar-refractivity contribution in [3.8, 4) is 0 Å². The monoisotopic (exact) mass is 510 g/mol. The van der Waals surface area contributed by atoms with E-state index < -0.39 is 53.9 Å². The summed E-state index contributed by atoms with van der Waals surface area (Å²) in [5, 5.41) is 11.6. The van der Waals surface area contributed by atoms with E-state index in [-0.39, 0.29) is 35.6 Å². The summed E-state index contributed by atoms with van der Waals surface area (Å²) in [4.78, 5) is 51.4. The highest BCUT2D eigenvalue weighted by Gasteiger charge is 2.54. The molecule has 3 aliphatic heterocycles. The van der Waals surface area contributed by atoms with E-state index in [0.29, 0.717) is 10.5 Å². The Labute approximate surface area is 201 Å². The molecule has 0 saturated carbocycles. The number of carboxylic acid groups (broad SMARTS) is 1. The lowest BCUT2D eigenvalue weighted by atomic mass is 10.00. The molecule has 1 aromatic carbocycles. The number of likely N-dealkylation sites (tertiary alicyclic amines) is 1. The van der Waals surface area contributed by atoms with Crippen LogP contribution in [0.3, 0.4) is 0 Å².